The molecule has 6 heteroatoms. The van der Waals surface area contributed by atoms with Gasteiger partial charge in [0.05, 0.1) is 0 Å². The summed E-state index contributed by atoms with van der Waals surface area (Å²) in [6.45, 7) is 3.35. The Labute approximate surface area is 166 Å². The Bertz CT molecular complexity index is 781. The van der Waals surface area contributed by atoms with Crippen LogP contribution < -0.4 is 10.6 Å². The van der Waals surface area contributed by atoms with Gasteiger partial charge in [-0.25, -0.2) is 4.79 Å². The molecule has 28 heavy (non-hydrogen) atoms. The minimum atomic E-state index is -1.09. The van der Waals surface area contributed by atoms with E-state index in [0.717, 1.165) is 19.5 Å². The standard InChI is InChI=1S/C22H29N3O3/c1-21(19(27)23-20(28)24-21)17-9-7-16(8-10-17)18(26)25-14-6-13-22(15-25)11-4-2-3-5-12-22/h7-10H,2-6,11-15H2,1H3,(H2,23,24,27,28). The third kappa shape index (κ3) is 3.40. The smallest absolute Gasteiger partial charge is 0.322 e. The lowest BCUT2D eigenvalue weighted by Gasteiger charge is -2.43. The minimum Gasteiger partial charge on any atom is -0.338 e. The van der Waals surface area contributed by atoms with E-state index in [1.807, 2.05) is 4.90 Å². The van der Waals surface area contributed by atoms with Gasteiger partial charge in [0.2, 0.25) is 0 Å². The van der Waals surface area contributed by atoms with Crippen LogP contribution >= 0.6 is 0 Å². The molecule has 0 aromatic heterocycles. The lowest BCUT2D eigenvalue weighted by molar-refractivity contribution is -0.123. The maximum atomic E-state index is 13.1. The third-order valence-electron chi connectivity index (χ3n) is 6.87. The summed E-state index contributed by atoms with van der Waals surface area (Å²) in [4.78, 5) is 38.7. The number of hydrogen-bond acceptors (Lipinski definition) is 3. The molecule has 6 nitrogen and oxygen atoms in total. The van der Waals surface area contributed by atoms with Gasteiger partial charge in [0.1, 0.15) is 5.54 Å². The van der Waals surface area contributed by atoms with E-state index in [4.69, 9.17) is 0 Å². The summed E-state index contributed by atoms with van der Waals surface area (Å²) in [5.41, 5.74) is 0.534. The molecule has 2 saturated heterocycles. The van der Waals surface area contributed by atoms with Gasteiger partial charge in [-0.05, 0) is 55.7 Å². The summed E-state index contributed by atoms with van der Waals surface area (Å²) in [6.07, 6.45) is 10.00. The van der Waals surface area contributed by atoms with Crippen molar-refractivity contribution >= 4 is 17.8 Å². The number of rotatable bonds is 2. The Balaban J connectivity index is 1.49. The molecular weight excluding hydrogens is 354 g/mol. The number of benzene rings is 1. The highest BCUT2D eigenvalue weighted by Crippen LogP contribution is 2.42. The number of nitrogens with one attached hydrogen (secondary N) is 2. The Morgan fingerprint density at radius 3 is 2.21 bits per heavy atom. The first kappa shape index (κ1) is 19.0. The molecule has 2 N–H and O–H groups in total. The maximum Gasteiger partial charge on any atom is 0.322 e. The number of urea groups is 1. The molecular formula is C22H29N3O3. The number of hydrogen-bond donors (Lipinski definition) is 2. The highest BCUT2D eigenvalue weighted by Gasteiger charge is 2.43. The van der Waals surface area contributed by atoms with Crippen LogP contribution in [0.15, 0.2) is 24.3 Å². The van der Waals surface area contributed by atoms with Gasteiger partial charge >= 0.3 is 6.03 Å². The van der Waals surface area contributed by atoms with E-state index in [2.05, 4.69) is 10.6 Å². The molecule has 2 heterocycles. The Morgan fingerprint density at radius 1 is 0.964 bits per heavy atom. The van der Waals surface area contributed by atoms with Crippen molar-refractivity contribution in [2.75, 3.05) is 13.1 Å². The van der Waals surface area contributed by atoms with Gasteiger partial charge in [-0.2, -0.15) is 0 Å². The number of carbonyl (C=O) groups excluding carboxylic acids is 3. The van der Waals surface area contributed by atoms with Crippen molar-refractivity contribution in [2.45, 2.75) is 63.8 Å². The Hall–Kier alpha value is -2.37. The summed E-state index contributed by atoms with van der Waals surface area (Å²) in [5, 5.41) is 4.93. The number of carbonyl (C=O) groups is 3. The van der Waals surface area contributed by atoms with E-state index in [-0.39, 0.29) is 11.8 Å². The van der Waals surface area contributed by atoms with Gasteiger partial charge in [0, 0.05) is 18.7 Å². The lowest BCUT2D eigenvalue weighted by Crippen LogP contribution is -2.46. The molecule has 1 aromatic rings. The van der Waals surface area contributed by atoms with Gasteiger partial charge in [-0.3, -0.25) is 14.9 Å². The molecule has 1 aliphatic carbocycles. The molecule has 0 radical (unpaired) electrons. The first-order chi connectivity index (χ1) is 13.4. The fourth-order valence-electron chi connectivity index (χ4n) is 5.14. The zero-order chi connectivity index (χ0) is 19.8. The van der Waals surface area contributed by atoms with E-state index in [0.29, 0.717) is 16.5 Å². The average Bonchev–Trinajstić information content (AvgIpc) is 2.84. The molecule has 2 aliphatic heterocycles. The molecule has 1 unspecified atom stereocenters. The van der Waals surface area contributed by atoms with E-state index < -0.39 is 11.6 Å². The summed E-state index contributed by atoms with van der Waals surface area (Å²) in [6, 6.07) is 6.59. The fraction of sp³-hybridized carbons (Fsp3) is 0.591. The number of amides is 4. The van der Waals surface area contributed by atoms with E-state index in [1.165, 1.54) is 44.9 Å². The second-order valence-corrected chi connectivity index (χ2v) is 8.86. The third-order valence-corrected chi connectivity index (χ3v) is 6.87. The Morgan fingerprint density at radius 2 is 1.61 bits per heavy atom. The summed E-state index contributed by atoms with van der Waals surface area (Å²) in [7, 11) is 0. The van der Waals surface area contributed by atoms with Crippen molar-refractivity contribution in [3.05, 3.63) is 35.4 Å². The summed E-state index contributed by atoms with van der Waals surface area (Å²) in [5.74, 6) is -0.303. The SMILES string of the molecule is CC1(c2ccc(C(=O)N3CCCC4(CCCCCC4)C3)cc2)NC(=O)NC1=O. The van der Waals surface area contributed by atoms with Crippen molar-refractivity contribution in [3.63, 3.8) is 0 Å². The topological polar surface area (TPSA) is 78.5 Å². The van der Waals surface area contributed by atoms with E-state index in [9.17, 15) is 14.4 Å². The van der Waals surface area contributed by atoms with E-state index >= 15 is 0 Å². The highest BCUT2D eigenvalue weighted by molar-refractivity contribution is 6.07. The largest absolute Gasteiger partial charge is 0.338 e. The normalized spacial score (nSPS) is 27.2. The van der Waals surface area contributed by atoms with Gasteiger partial charge in [0.15, 0.2) is 0 Å². The van der Waals surface area contributed by atoms with Crippen LogP contribution in [-0.4, -0.2) is 35.8 Å². The van der Waals surface area contributed by atoms with Crippen LogP contribution in [0.25, 0.3) is 0 Å². The van der Waals surface area contributed by atoms with Crippen molar-refractivity contribution in [1.82, 2.24) is 15.5 Å². The number of likely N-dealkylation sites (tertiary alicyclic amines) is 1. The van der Waals surface area contributed by atoms with Gasteiger partial charge in [0.25, 0.3) is 11.8 Å². The van der Waals surface area contributed by atoms with E-state index in [1.54, 1.807) is 31.2 Å². The number of nitrogens with zero attached hydrogens (tertiary/aromatic N) is 1. The van der Waals surface area contributed by atoms with Crippen LogP contribution in [0.4, 0.5) is 4.79 Å². The van der Waals surface area contributed by atoms with Crippen molar-refractivity contribution in [2.24, 2.45) is 5.41 Å². The molecule has 1 atom stereocenters. The van der Waals surface area contributed by atoms with Crippen molar-refractivity contribution in [3.8, 4) is 0 Å². The first-order valence-corrected chi connectivity index (χ1v) is 10.5. The number of piperidine rings is 1. The van der Waals surface area contributed by atoms with Gasteiger partial charge in [-0.1, -0.05) is 37.8 Å². The second kappa shape index (κ2) is 7.22. The monoisotopic (exact) mass is 383 g/mol. The zero-order valence-electron chi connectivity index (χ0n) is 16.6. The average molecular weight is 383 g/mol. The maximum absolute atomic E-state index is 13.1. The molecule has 150 valence electrons. The fourth-order valence-corrected chi connectivity index (χ4v) is 5.14. The highest BCUT2D eigenvalue weighted by atomic mass is 16.2. The summed E-state index contributed by atoms with van der Waals surface area (Å²) >= 11 is 0. The lowest BCUT2D eigenvalue weighted by atomic mass is 9.74. The minimum absolute atomic E-state index is 0.0694. The first-order valence-electron chi connectivity index (χ1n) is 10.5. The zero-order valence-corrected chi connectivity index (χ0v) is 16.6. The van der Waals surface area contributed by atoms with Crippen LogP contribution in [0.5, 0.6) is 0 Å². The van der Waals surface area contributed by atoms with Crippen LogP contribution in [0.3, 0.4) is 0 Å². The Kier molecular flexibility index (Phi) is 4.89. The van der Waals surface area contributed by atoms with Crippen molar-refractivity contribution < 1.29 is 14.4 Å². The number of imide groups is 1. The predicted octanol–water partition coefficient (Wildman–Crippen LogP) is 3.32. The molecule has 1 saturated carbocycles. The van der Waals surface area contributed by atoms with Gasteiger partial charge < -0.3 is 10.2 Å². The second-order valence-electron chi connectivity index (χ2n) is 8.86. The summed E-state index contributed by atoms with van der Waals surface area (Å²) < 4.78 is 0. The van der Waals surface area contributed by atoms with Crippen LogP contribution in [-0.2, 0) is 10.3 Å². The van der Waals surface area contributed by atoms with Crippen LogP contribution in [0.2, 0.25) is 0 Å². The molecule has 0 bridgehead atoms. The molecule has 4 amide bonds. The molecule has 3 aliphatic rings. The molecule has 4 rings (SSSR count). The van der Waals surface area contributed by atoms with Gasteiger partial charge in [-0.15, -0.1) is 0 Å². The van der Waals surface area contributed by atoms with Crippen molar-refractivity contribution in [1.29, 1.82) is 0 Å². The molecule has 3 fully saturated rings. The molecule has 1 aromatic carbocycles. The predicted molar refractivity (Wildman–Crippen MR) is 106 cm³/mol. The molecule has 1 spiro atoms. The van der Waals surface area contributed by atoms with Crippen LogP contribution in [0, 0.1) is 5.41 Å². The quantitative estimate of drug-likeness (QED) is 0.769. The van der Waals surface area contributed by atoms with Crippen LogP contribution in [0.1, 0.15) is 74.2 Å².